The maximum Gasteiger partial charge on any atom is 0.243 e. The molecular weight excluding hydrogens is 404 g/mol. The standard InChI is InChI=1S/C18H21BrN2O3S/c1-12-6-5-7-16(14(12)3)20-18(22)11-21(4)25(23,24)17-10-15(19)9-8-13(17)2/h5-10H,11H2,1-4H3,(H,20,22). The highest BCUT2D eigenvalue weighted by molar-refractivity contribution is 9.10. The predicted molar refractivity (Wildman–Crippen MR) is 103 cm³/mol. The van der Waals surface area contributed by atoms with E-state index in [9.17, 15) is 13.2 Å². The first-order valence-electron chi connectivity index (χ1n) is 7.71. The highest BCUT2D eigenvalue weighted by Gasteiger charge is 2.25. The first-order chi connectivity index (χ1) is 11.6. The van der Waals surface area contributed by atoms with Crippen LogP contribution in [0.4, 0.5) is 5.69 Å². The van der Waals surface area contributed by atoms with Crippen molar-refractivity contribution < 1.29 is 13.2 Å². The van der Waals surface area contributed by atoms with Crippen molar-refractivity contribution in [3.05, 3.63) is 57.6 Å². The van der Waals surface area contributed by atoms with Crippen molar-refractivity contribution in [3.63, 3.8) is 0 Å². The van der Waals surface area contributed by atoms with Gasteiger partial charge in [-0.15, -0.1) is 0 Å². The van der Waals surface area contributed by atoms with Crippen LogP contribution in [0.2, 0.25) is 0 Å². The van der Waals surface area contributed by atoms with Crippen LogP contribution in [0, 0.1) is 20.8 Å². The van der Waals surface area contributed by atoms with E-state index < -0.39 is 10.0 Å². The summed E-state index contributed by atoms with van der Waals surface area (Å²) < 4.78 is 27.2. The topological polar surface area (TPSA) is 66.5 Å². The summed E-state index contributed by atoms with van der Waals surface area (Å²) in [7, 11) is -2.35. The number of anilines is 1. The van der Waals surface area contributed by atoms with Gasteiger partial charge < -0.3 is 5.32 Å². The summed E-state index contributed by atoms with van der Waals surface area (Å²) in [5.41, 5.74) is 3.34. The lowest BCUT2D eigenvalue weighted by Gasteiger charge is -2.19. The number of nitrogens with one attached hydrogen (secondary N) is 1. The Hall–Kier alpha value is -1.70. The van der Waals surface area contributed by atoms with Gasteiger partial charge in [-0.05, 0) is 55.7 Å². The molecule has 0 saturated heterocycles. The van der Waals surface area contributed by atoms with E-state index in [4.69, 9.17) is 0 Å². The van der Waals surface area contributed by atoms with Gasteiger partial charge in [0.1, 0.15) is 0 Å². The molecule has 0 fully saturated rings. The Kier molecular flexibility index (Phi) is 6.03. The summed E-state index contributed by atoms with van der Waals surface area (Å²) in [5, 5.41) is 2.78. The van der Waals surface area contributed by atoms with Crippen LogP contribution >= 0.6 is 15.9 Å². The zero-order valence-electron chi connectivity index (χ0n) is 14.6. The van der Waals surface area contributed by atoms with Crippen LogP contribution in [-0.2, 0) is 14.8 Å². The van der Waals surface area contributed by atoms with E-state index in [2.05, 4.69) is 21.2 Å². The van der Waals surface area contributed by atoms with Gasteiger partial charge in [-0.3, -0.25) is 4.79 Å². The van der Waals surface area contributed by atoms with Crippen LogP contribution in [0.25, 0.3) is 0 Å². The van der Waals surface area contributed by atoms with Gasteiger partial charge >= 0.3 is 0 Å². The predicted octanol–water partition coefficient (Wildman–Crippen LogP) is 3.63. The number of hydrogen-bond acceptors (Lipinski definition) is 3. The second-order valence-electron chi connectivity index (χ2n) is 5.97. The van der Waals surface area contributed by atoms with Crippen LogP contribution in [0.15, 0.2) is 45.8 Å². The number of hydrogen-bond donors (Lipinski definition) is 1. The molecule has 0 saturated carbocycles. The van der Waals surface area contributed by atoms with Crippen molar-refractivity contribution in [2.75, 3.05) is 18.9 Å². The Labute approximate surface area is 157 Å². The molecule has 25 heavy (non-hydrogen) atoms. The summed E-state index contributed by atoms with van der Waals surface area (Å²) in [6, 6.07) is 10.7. The average molecular weight is 425 g/mol. The number of benzene rings is 2. The van der Waals surface area contributed by atoms with Gasteiger partial charge in [-0.2, -0.15) is 4.31 Å². The van der Waals surface area contributed by atoms with E-state index in [-0.39, 0.29) is 17.3 Å². The highest BCUT2D eigenvalue weighted by Crippen LogP contribution is 2.23. The molecule has 7 heteroatoms. The van der Waals surface area contributed by atoms with Gasteiger partial charge in [-0.25, -0.2) is 8.42 Å². The number of sulfonamides is 1. The molecule has 0 radical (unpaired) electrons. The zero-order valence-corrected chi connectivity index (χ0v) is 17.0. The number of likely N-dealkylation sites (N-methyl/N-ethyl adjacent to an activating group) is 1. The Morgan fingerprint density at radius 3 is 2.48 bits per heavy atom. The molecule has 0 aromatic heterocycles. The SMILES string of the molecule is Cc1ccc(Br)cc1S(=O)(=O)N(C)CC(=O)Nc1cccc(C)c1C. The summed E-state index contributed by atoms with van der Waals surface area (Å²) >= 11 is 3.29. The Bertz CT molecular complexity index is 911. The number of rotatable bonds is 5. The van der Waals surface area contributed by atoms with Gasteiger partial charge in [0.2, 0.25) is 15.9 Å². The fraction of sp³-hybridized carbons (Fsp3) is 0.278. The Morgan fingerprint density at radius 2 is 1.80 bits per heavy atom. The van der Waals surface area contributed by atoms with Crippen LogP contribution in [0.3, 0.4) is 0 Å². The van der Waals surface area contributed by atoms with Crippen molar-refractivity contribution >= 4 is 37.5 Å². The normalized spacial score (nSPS) is 11.6. The Morgan fingerprint density at radius 1 is 1.12 bits per heavy atom. The third kappa shape index (κ3) is 4.48. The van der Waals surface area contributed by atoms with Crippen molar-refractivity contribution in [3.8, 4) is 0 Å². The fourth-order valence-corrected chi connectivity index (χ4v) is 4.27. The summed E-state index contributed by atoms with van der Waals surface area (Å²) in [4.78, 5) is 12.5. The lowest BCUT2D eigenvalue weighted by molar-refractivity contribution is -0.116. The zero-order chi connectivity index (χ0) is 18.8. The number of carbonyl (C=O) groups excluding carboxylic acids is 1. The average Bonchev–Trinajstić information content (AvgIpc) is 2.53. The van der Waals surface area contributed by atoms with E-state index in [1.54, 1.807) is 31.2 Å². The first-order valence-corrected chi connectivity index (χ1v) is 9.95. The van der Waals surface area contributed by atoms with Gasteiger partial charge in [0.05, 0.1) is 11.4 Å². The maximum absolute atomic E-state index is 12.7. The molecule has 0 spiro atoms. The molecule has 1 N–H and O–H groups in total. The second kappa shape index (κ2) is 7.68. The molecule has 5 nitrogen and oxygen atoms in total. The van der Waals surface area contributed by atoms with Crippen LogP contribution in [0.5, 0.6) is 0 Å². The lowest BCUT2D eigenvalue weighted by atomic mass is 10.1. The van der Waals surface area contributed by atoms with Gasteiger partial charge in [0.25, 0.3) is 0 Å². The molecular formula is C18H21BrN2O3S. The summed E-state index contributed by atoms with van der Waals surface area (Å²) in [5.74, 6) is -0.382. The van der Waals surface area contributed by atoms with E-state index in [0.717, 1.165) is 15.4 Å². The molecule has 0 bridgehead atoms. The third-order valence-corrected chi connectivity index (χ3v) is 6.52. The Balaban J connectivity index is 2.17. The monoisotopic (exact) mass is 424 g/mol. The minimum absolute atomic E-state index is 0.184. The quantitative estimate of drug-likeness (QED) is 0.796. The molecule has 2 aromatic rings. The van der Waals surface area contributed by atoms with Crippen molar-refractivity contribution in [1.29, 1.82) is 0 Å². The van der Waals surface area contributed by atoms with Crippen LogP contribution in [-0.4, -0.2) is 32.2 Å². The molecule has 2 rings (SSSR count). The molecule has 0 unspecified atom stereocenters. The minimum atomic E-state index is -3.76. The largest absolute Gasteiger partial charge is 0.325 e. The molecule has 0 heterocycles. The smallest absolute Gasteiger partial charge is 0.243 e. The number of amides is 1. The van der Waals surface area contributed by atoms with Crippen LogP contribution in [0.1, 0.15) is 16.7 Å². The van der Waals surface area contributed by atoms with Gasteiger partial charge in [-0.1, -0.05) is 34.1 Å². The molecule has 0 aliphatic carbocycles. The molecule has 0 aliphatic rings. The fourth-order valence-electron chi connectivity index (χ4n) is 2.38. The minimum Gasteiger partial charge on any atom is -0.325 e. The molecule has 134 valence electrons. The van der Waals surface area contributed by atoms with E-state index in [1.165, 1.54) is 7.05 Å². The third-order valence-electron chi connectivity index (χ3n) is 4.08. The highest BCUT2D eigenvalue weighted by atomic mass is 79.9. The molecule has 2 aromatic carbocycles. The van der Waals surface area contributed by atoms with E-state index >= 15 is 0 Å². The first kappa shape index (κ1) is 19.6. The van der Waals surface area contributed by atoms with Crippen molar-refractivity contribution in [2.45, 2.75) is 25.7 Å². The van der Waals surface area contributed by atoms with E-state index in [1.807, 2.05) is 26.0 Å². The maximum atomic E-state index is 12.7. The number of carbonyl (C=O) groups is 1. The van der Waals surface area contributed by atoms with Gasteiger partial charge in [0, 0.05) is 17.2 Å². The van der Waals surface area contributed by atoms with E-state index in [0.29, 0.717) is 15.7 Å². The molecule has 0 atom stereocenters. The van der Waals surface area contributed by atoms with Crippen molar-refractivity contribution in [2.24, 2.45) is 0 Å². The van der Waals surface area contributed by atoms with Crippen LogP contribution < -0.4 is 5.32 Å². The number of halogens is 1. The summed E-state index contributed by atoms with van der Waals surface area (Å²) in [6.45, 7) is 5.33. The molecule has 0 aliphatic heterocycles. The van der Waals surface area contributed by atoms with Crippen molar-refractivity contribution in [1.82, 2.24) is 4.31 Å². The number of aryl methyl sites for hydroxylation is 2. The molecule has 1 amide bonds. The lowest BCUT2D eigenvalue weighted by Crippen LogP contribution is -2.35. The van der Waals surface area contributed by atoms with Gasteiger partial charge in [0.15, 0.2) is 0 Å². The summed E-state index contributed by atoms with van der Waals surface area (Å²) in [6.07, 6.45) is 0. The number of nitrogens with zero attached hydrogens (tertiary/aromatic N) is 1. The second-order valence-corrected chi connectivity index (χ2v) is 8.90.